The van der Waals surface area contributed by atoms with Crippen molar-refractivity contribution < 1.29 is 28.2 Å². The number of benzene rings is 2. The molecule has 0 spiro atoms. The lowest BCUT2D eigenvalue weighted by atomic mass is 9.91. The highest BCUT2D eigenvalue weighted by Crippen LogP contribution is 2.49. The van der Waals surface area contributed by atoms with Gasteiger partial charge in [0.05, 0.1) is 40.9 Å². The highest BCUT2D eigenvalue weighted by molar-refractivity contribution is 6.74. The Morgan fingerprint density at radius 3 is 1.97 bits per heavy atom. The number of hydrogen-bond donors (Lipinski definition) is 0. The first-order valence-electron chi connectivity index (χ1n) is 11.0. The van der Waals surface area contributed by atoms with E-state index in [2.05, 4.69) is 33.9 Å². The van der Waals surface area contributed by atoms with Crippen LogP contribution in [0.2, 0.25) is 18.1 Å². The third-order valence-electron chi connectivity index (χ3n) is 6.64. The van der Waals surface area contributed by atoms with Crippen LogP contribution < -0.4 is 28.3 Å². The number of anilines is 1. The molecule has 0 bridgehead atoms. The van der Waals surface area contributed by atoms with Crippen LogP contribution in [0.25, 0.3) is 0 Å². The highest BCUT2D eigenvalue weighted by atomic mass is 28.4. The Hall–Kier alpha value is -2.87. The van der Waals surface area contributed by atoms with Gasteiger partial charge in [-0.1, -0.05) is 20.8 Å². The van der Waals surface area contributed by atoms with E-state index in [1.54, 1.807) is 33.3 Å². The summed E-state index contributed by atoms with van der Waals surface area (Å²) in [5.74, 6) is 2.97. The van der Waals surface area contributed by atoms with Crippen molar-refractivity contribution in [1.29, 1.82) is 0 Å². The molecule has 0 radical (unpaired) electrons. The maximum Gasteiger partial charge on any atom is 0.250 e. The Morgan fingerprint density at radius 2 is 1.45 bits per heavy atom. The van der Waals surface area contributed by atoms with Crippen molar-refractivity contribution in [1.82, 2.24) is 0 Å². The first-order chi connectivity index (χ1) is 15.5. The second kappa shape index (κ2) is 9.17. The van der Waals surface area contributed by atoms with E-state index in [0.29, 0.717) is 35.2 Å². The van der Waals surface area contributed by atoms with E-state index in [4.69, 9.17) is 23.4 Å². The minimum atomic E-state index is -2.11. The van der Waals surface area contributed by atoms with Crippen LogP contribution in [0.1, 0.15) is 38.8 Å². The second-order valence-corrected chi connectivity index (χ2v) is 14.3. The SMILES string of the molecule is COc1ccc(N2C(=O)CC2c2ccc(OC)c(OC)c2OC)cc1O[Si](C)(C)C(C)(C)C. The molecule has 1 saturated heterocycles. The van der Waals surface area contributed by atoms with E-state index >= 15 is 0 Å². The summed E-state index contributed by atoms with van der Waals surface area (Å²) in [7, 11) is 4.25. The Bertz CT molecular complexity index is 1030. The van der Waals surface area contributed by atoms with Crippen LogP contribution in [0.15, 0.2) is 30.3 Å². The van der Waals surface area contributed by atoms with Crippen molar-refractivity contribution in [3.63, 3.8) is 0 Å². The molecule has 7 nitrogen and oxygen atoms in total. The number of amides is 1. The Kier molecular flexibility index (Phi) is 6.88. The van der Waals surface area contributed by atoms with Crippen LogP contribution in [0, 0.1) is 0 Å². The van der Waals surface area contributed by atoms with Crippen LogP contribution in [0.3, 0.4) is 0 Å². The van der Waals surface area contributed by atoms with Crippen molar-refractivity contribution in [2.45, 2.75) is 51.4 Å². The molecule has 8 heteroatoms. The number of carbonyl (C=O) groups is 1. The summed E-state index contributed by atoms with van der Waals surface area (Å²) < 4.78 is 28.7. The van der Waals surface area contributed by atoms with Crippen molar-refractivity contribution in [3.8, 4) is 28.7 Å². The van der Waals surface area contributed by atoms with Crippen molar-refractivity contribution in [2.24, 2.45) is 0 Å². The van der Waals surface area contributed by atoms with E-state index in [1.807, 2.05) is 30.3 Å². The maximum atomic E-state index is 12.8. The zero-order valence-electron chi connectivity index (χ0n) is 21.1. The van der Waals surface area contributed by atoms with Crippen LogP contribution in [0.5, 0.6) is 28.7 Å². The molecular weight excluding hydrogens is 438 g/mol. The van der Waals surface area contributed by atoms with Gasteiger partial charge in [0.2, 0.25) is 11.7 Å². The number of nitrogens with zero attached hydrogens (tertiary/aromatic N) is 1. The Balaban J connectivity index is 2.03. The molecule has 0 N–H and O–H groups in total. The van der Waals surface area contributed by atoms with E-state index in [0.717, 1.165) is 11.3 Å². The molecule has 33 heavy (non-hydrogen) atoms. The summed E-state index contributed by atoms with van der Waals surface area (Å²) in [4.78, 5) is 14.5. The summed E-state index contributed by atoms with van der Waals surface area (Å²) in [5, 5.41) is 0.0239. The number of hydrogen-bond acceptors (Lipinski definition) is 6. The summed E-state index contributed by atoms with van der Waals surface area (Å²) in [6.45, 7) is 10.9. The summed E-state index contributed by atoms with van der Waals surface area (Å²) in [6.07, 6.45) is 0.371. The van der Waals surface area contributed by atoms with Crippen LogP contribution in [0.4, 0.5) is 5.69 Å². The minimum absolute atomic E-state index is 0.0239. The minimum Gasteiger partial charge on any atom is -0.541 e. The van der Waals surface area contributed by atoms with Gasteiger partial charge in [0.15, 0.2) is 17.2 Å². The number of rotatable bonds is 8. The first-order valence-corrected chi connectivity index (χ1v) is 13.9. The van der Waals surface area contributed by atoms with Gasteiger partial charge in [-0.15, -0.1) is 0 Å². The molecule has 3 rings (SSSR count). The molecule has 2 aromatic rings. The van der Waals surface area contributed by atoms with E-state index in [-0.39, 0.29) is 17.0 Å². The quantitative estimate of drug-likeness (QED) is 0.368. The number of carbonyl (C=O) groups excluding carboxylic acids is 1. The fourth-order valence-corrected chi connectivity index (χ4v) is 4.71. The molecule has 1 unspecified atom stereocenters. The predicted octanol–water partition coefficient (Wildman–Crippen LogP) is 5.58. The Labute approximate surface area is 197 Å². The largest absolute Gasteiger partial charge is 0.541 e. The molecule has 1 atom stereocenters. The fourth-order valence-electron chi connectivity index (χ4n) is 3.70. The van der Waals surface area contributed by atoms with E-state index in [9.17, 15) is 4.79 Å². The molecular formula is C25H35NO6Si. The molecule has 1 fully saturated rings. The summed E-state index contributed by atoms with van der Waals surface area (Å²) in [6, 6.07) is 9.19. The average Bonchev–Trinajstić information content (AvgIpc) is 2.75. The topological polar surface area (TPSA) is 66.5 Å². The normalized spacial score (nSPS) is 16.2. The van der Waals surface area contributed by atoms with E-state index < -0.39 is 8.32 Å². The molecule has 1 aliphatic heterocycles. The maximum absolute atomic E-state index is 12.8. The van der Waals surface area contributed by atoms with Gasteiger partial charge in [0.1, 0.15) is 5.75 Å². The average molecular weight is 474 g/mol. The van der Waals surface area contributed by atoms with E-state index in [1.165, 1.54) is 0 Å². The molecule has 1 heterocycles. The zero-order valence-corrected chi connectivity index (χ0v) is 22.1. The molecule has 1 amide bonds. The highest BCUT2D eigenvalue weighted by Gasteiger charge is 2.42. The van der Waals surface area contributed by atoms with Crippen LogP contribution >= 0.6 is 0 Å². The molecule has 0 aliphatic carbocycles. The number of methoxy groups -OCH3 is 4. The summed E-state index contributed by atoms with van der Waals surface area (Å²) in [5.41, 5.74) is 1.61. The molecule has 180 valence electrons. The molecule has 1 aliphatic rings. The van der Waals surface area contributed by atoms with Crippen LogP contribution in [-0.4, -0.2) is 42.7 Å². The third kappa shape index (κ3) is 4.49. The van der Waals surface area contributed by atoms with Crippen molar-refractivity contribution in [3.05, 3.63) is 35.9 Å². The van der Waals surface area contributed by atoms with Gasteiger partial charge in [-0.2, -0.15) is 0 Å². The fraction of sp³-hybridized carbons (Fsp3) is 0.480. The standard InChI is InChI=1S/C25H35NO6Si/c1-25(2,3)33(8,9)32-21-14-16(10-12-19(21)28-4)26-18(15-22(26)27)17-11-13-20(29-5)24(31-7)23(17)30-6/h10-14,18H,15H2,1-9H3. The van der Waals surface area contributed by atoms with Gasteiger partial charge in [0, 0.05) is 17.3 Å². The lowest BCUT2D eigenvalue weighted by Gasteiger charge is -2.42. The first kappa shape index (κ1) is 24.8. The van der Waals surface area contributed by atoms with Gasteiger partial charge in [-0.05, 0) is 42.4 Å². The Morgan fingerprint density at radius 1 is 0.848 bits per heavy atom. The van der Waals surface area contributed by atoms with Gasteiger partial charge in [0.25, 0.3) is 8.32 Å². The summed E-state index contributed by atoms with van der Waals surface area (Å²) >= 11 is 0. The smallest absolute Gasteiger partial charge is 0.250 e. The van der Waals surface area contributed by atoms with Gasteiger partial charge < -0.3 is 28.3 Å². The third-order valence-corrected chi connectivity index (χ3v) is 11.0. The lowest BCUT2D eigenvalue weighted by Crippen LogP contribution is -2.47. The van der Waals surface area contributed by atoms with Gasteiger partial charge >= 0.3 is 0 Å². The van der Waals surface area contributed by atoms with Crippen molar-refractivity contribution >= 4 is 19.9 Å². The number of β-lactam (4-membered cyclic amide) rings is 1. The molecule has 2 aromatic carbocycles. The van der Waals surface area contributed by atoms with Gasteiger partial charge in [-0.3, -0.25) is 4.79 Å². The number of ether oxygens (including phenoxy) is 4. The molecule has 0 aromatic heterocycles. The monoisotopic (exact) mass is 473 g/mol. The molecule has 0 saturated carbocycles. The van der Waals surface area contributed by atoms with Crippen molar-refractivity contribution in [2.75, 3.05) is 33.3 Å². The predicted molar refractivity (Wildman–Crippen MR) is 132 cm³/mol. The lowest BCUT2D eigenvalue weighted by molar-refractivity contribution is -0.124. The van der Waals surface area contributed by atoms with Crippen LogP contribution in [-0.2, 0) is 4.79 Å². The van der Waals surface area contributed by atoms with Gasteiger partial charge in [-0.25, -0.2) is 0 Å². The second-order valence-electron chi connectivity index (χ2n) is 9.60. The zero-order chi connectivity index (χ0) is 24.6.